The lowest BCUT2D eigenvalue weighted by atomic mass is 9.74. The fraction of sp³-hybridized carbons (Fsp3) is 0.524. The molecule has 0 radical (unpaired) electrons. The number of nitrogens with one attached hydrogen (secondary N) is 1. The van der Waals surface area contributed by atoms with Crippen molar-refractivity contribution in [2.45, 2.75) is 42.4 Å². The van der Waals surface area contributed by atoms with Gasteiger partial charge in [-0.3, -0.25) is 4.79 Å². The van der Waals surface area contributed by atoms with Gasteiger partial charge in [0.05, 0.1) is 11.6 Å². The summed E-state index contributed by atoms with van der Waals surface area (Å²) in [6.07, 6.45) is 3.88. The van der Waals surface area contributed by atoms with Crippen LogP contribution in [0.5, 0.6) is 5.75 Å². The summed E-state index contributed by atoms with van der Waals surface area (Å²) in [7, 11) is 0. The van der Waals surface area contributed by atoms with Gasteiger partial charge in [0.15, 0.2) is 6.61 Å². The number of esters is 1. The van der Waals surface area contributed by atoms with Gasteiger partial charge < -0.3 is 14.5 Å². The normalized spacial score (nSPS) is 30.0. The van der Waals surface area contributed by atoms with Gasteiger partial charge in [-0.15, -0.1) is 11.8 Å². The molecule has 5 atom stereocenters. The summed E-state index contributed by atoms with van der Waals surface area (Å²) >= 11 is 3.21. The molecule has 5 rings (SSSR count). The predicted molar refractivity (Wildman–Crippen MR) is 109 cm³/mol. The van der Waals surface area contributed by atoms with E-state index < -0.39 is 0 Å². The first-order valence-corrected chi connectivity index (χ1v) is 11.6. The van der Waals surface area contributed by atoms with Crippen molar-refractivity contribution in [1.29, 1.82) is 0 Å². The number of ether oxygens (including phenoxy) is 2. The highest BCUT2D eigenvalue weighted by Gasteiger charge is 2.55. The number of para-hydroxylation sites is 1. The van der Waals surface area contributed by atoms with Gasteiger partial charge in [-0.2, -0.15) is 0 Å². The zero-order valence-electron chi connectivity index (χ0n) is 15.7. The number of carbonyl (C=O) groups excluding carboxylic acids is 1. The number of rotatable bonds is 5. The van der Waals surface area contributed by atoms with Gasteiger partial charge in [0, 0.05) is 21.6 Å². The van der Waals surface area contributed by atoms with Gasteiger partial charge in [-0.25, -0.2) is 4.79 Å². The van der Waals surface area contributed by atoms with Crippen LogP contribution in [0.3, 0.4) is 0 Å². The van der Waals surface area contributed by atoms with E-state index in [-0.39, 0.29) is 23.4 Å². The van der Waals surface area contributed by atoms with Crippen LogP contribution in [0.4, 0.5) is 0 Å². The molecule has 1 aromatic heterocycles. The number of benzene rings is 1. The molecule has 148 valence electrons. The monoisotopic (exact) mass is 417 g/mol. The van der Waals surface area contributed by atoms with Crippen molar-refractivity contribution in [3.63, 3.8) is 0 Å². The van der Waals surface area contributed by atoms with Crippen LogP contribution >= 0.6 is 23.1 Å². The van der Waals surface area contributed by atoms with Gasteiger partial charge in [0.25, 0.3) is 0 Å². The molecule has 0 unspecified atom stereocenters. The summed E-state index contributed by atoms with van der Waals surface area (Å²) in [4.78, 5) is 28.2. The molecule has 0 amide bonds. The van der Waals surface area contributed by atoms with E-state index in [0.717, 1.165) is 27.1 Å². The largest absolute Gasteiger partial charge is 0.482 e. The van der Waals surface area contributed by atoms with Crippen LogP contribution in [0.1, 0.15) is 42.5 Å². The average Bonchev–Trinajstić information content (AvgIpc) is 3.39. The van der Waals surface area contributed by atoms with Crippen LogP contribution in [-0.2, 0) is 9.53 Å². The summed E-state index contributed by atoms with van der Waals surface area (Å²) in [5, 5.41) is 1.59. The number of H-pyrrole nitrogens is 1. The predicted octanol–water partition coefficient (Wildman–Crippen LogP) is 4.03. The highest BCUT2D eigenvalue weighted by molar-refractivity contribution is 8.00. The zero-order chi connectivity index (χ0) is 19.3. The van der Waals surface area contributed by atoms with Gasteiger partial charge >= 0.3 is 10.8 Å². The lowest BCUT2D eigenvalue weighted by molar-refractivity contribution is -0.145. The van der Waals surface area contributed by atoms with Crippen molar-refractivity contribution in [2.24, 2.45) is 17.8 Å². The van der Waals surface area contributed by atoms with Gasteiger partial charge in [-0.1, -0.05) is 29.5 Å². The molecule has 7 heteroatoms. The molecule has 3 aliphatic rings. The van der Waals surface area contributed by atoms with E-state index in [0.29, 0.717) is 23.7 Å². The summed E-state index contributed by atoms with van der Waals surface area (Å²) in [6, 6.07) is 7.97. The first-order chi connectivity index (χ1) is 13.7. The standard InChI is InChI=1S/C21H23NO4S2/c1-2-25-15(23)10-26-14-6-4-3-5-13(14)17-16-11-7-8-12(9-11)18(16)27-20-19(17)28-21(24)22-20/h3-6,11-12,16-18H,2,7-10H2,1H3,(H,22,24)/t11-,12-,16+,17-,18-/m0/s1. The summed E-state index contributed by atoms with van der Waals surface area (Å²) in [5.74, 6) is 2.48. The minimum atomic E-state index is -0.360. The number of hydrogen-bond donors (Lipinski definition) is 1. The Morgan fingerprint density at radius 2 is 2.07 bits per heavy atom. The van der Waals surface area contributed by atoms with Crippen LogP contribution in [-0.4, -0.2) is 29.4 Å². The fourth-order valence-corrected chi connectivity index (χ4v) is 8.29. The number of aromatic nitrogens is 1. The Hall–Kier alpha value is -1.73. The van der Waals surface area contributed by atoms with Gasteiger partial charge in [0.1, 0.15) is 5.75 Å². The molecule has 28 heavy (non-hydrogen) atoms. The van der Waals surface area contributed by atoms with Gasteiger partial charge in [-0.05, 0) is 50.0 Å². The number of fused-ring (bicyclic) bond motifs is 6. The third-order valence-electron chi connectivity index (χ3n) is 6.37. The molecule has 0 saturated heterocycles. The van der Waals surface area contributed by atoms with Crippen molar-refractivity contribution in [1.82, 2.24) is 4.98 Å². The molecule has 5 nitrogen and oxygen atoms in total. The van der Waals surface area contributed by atoms with E-state index >= 15 is 0 Å². The highest BCUT2D eigenvalue weighted by atomic mass is 32.2. The molecular weight excluding hydrogens is 394 g/mol. The second-order valence-corrected chi connectivity index (χ2v) is 10.0. The fourth-order valence-electron chi connectivity index (χ4n) is 5.41. The Kier molecular flexibility index (Phi) is 4.75. The molecule has 1 aliphatic heterocycles. The van der Waals surface area contributed by atoms with Crippen LogP contribution in [0, 0.1) is 17.8 Å². The SMILES string of the molecule is CCOC(=O)COc1ccccc1[C@@H]1c2sc(=O)[nH]c2S[C@H]2[C@H]3CC[C@@H](C3)[C@H]12. The Morgan fingerprint density at radius 3 is 2.93 bits per heavy atom. The van der Waals surface area contributed by atoms with E-state index in [1.165, 1.54) is 30.6 Å². The van der Waals surface area contributed by atoms with Crippen LogP contribution in [0.25, 0.3) is 0 Å². The third-order valence-corrected chi connectivity index (χ3v) is 8.99. The highest BCUT2D eigenvalue weighted by Crippen LogP contribution is 2.64. The molecule has 0 spiro atoms. The number of thioether (sulfide) groups is 1. The quantitative estimate of drug-likeness (QED) is 0.744. The van der Waals surface area contributed by atoms with Crippen LogP contribution in [0.15, 0.2) is 34.1 Å². The Labute approximate surface area is 171 Å². The van der Waals surface area contributed by atoms with Crippen molar-refractivity contribution in [3.8, 4) is 5.75 Å². The second-order valence-electron chi connectivity index (χ2n) is 7.81. The average molecular weight is 418 g/mol. The maximum Gasteiger partial charge on any atom is 0.344 e. The lowest BCUT2D eigenvalue weighted by Crippen LogP contribution is -2.34. The summed E-state index contributed by atoms with van der Waals surface area (Å²) in [6.45, 7) is 2.04. The van der Waals surface area contributed by atoms with Crippen LogP contribution < -0.4 is 9.61 Å². The zero-order valence-corrected chi connectivity index (χ0v) is 17.3. The molecule has 2 heterocycles. The minimum Gasteiger partial charge on any atom is -0.482 e. The van der Waals surface area contributed by atoms with E-state index in [2.05, 4.69) is 11.1 Å². The van der Waals surface area contributed by atoms with E-state index in [9.17, 15) is 9.59 Å². The van der Waals surface area contributed by atoms with Crippen molar-refractivity contribution in [3.05, 3.63) is 44.4 Å². The van der Waals surface area contributed by atoms with Crippen molar-refractivity contribution in [2.75, 3.05) is 13.2 Å². The minimum absolute atomic E-state index is 0.0137. The molecule has 1 N–H and O–H groups in total. The summed E-state index contributed by atoms with van der Waals surface area (Å²) in [5.41, 5.74) is 1.09. The Balaban J connectivity index is 1.54. The smallest absolute Gasteiger partial charge is 0.344 e. The molecule has 2 fully saturated rings. The number of thiazole rings is 1. The Morgan fingerprint density at radius 1 is 1.25 bits per heavy atom. The number of hydrogen-bond acceptors (Lipinski definition) is 6. The van der Waals surface area contributed by atoms with Crippen LogP contribution in [0.2, 0.25) is 0 Å². The lowest BCUT2D eigenvalue weighted by Gasteiger charge is -2.40. The summed E-state index contributed by atoms with van der Waals surface area (Å²) < 4.78 is 10.9. The van der Waals surface area contributed by atoms with E-state index in [4.69, 9.17) is 9.47 Å². The topological polar surface area (TPSA) is 68.4 Å². The van der Waals surface area contributed by atoms with E-state index in [1.807, 2.05) is 30.0 Å². The maximum absolute atomic E-state index is 12.2. The maximum atomic E-state index is 12.2. The number of aromatic amines is 1. The molecular formula is C21H23NO4S2. The first kappa shape index (κ1) is 18.3. The second kappa shape index (κ2) is 7.26. The molecule has 2 aliphatic carbocycles. The third kappa shape index (κ3) is 2.99. The Bertz CT molecular complexity index is 952. The number of carbonyl (C=O) groups is 1. The molecule has 2 aromatic rings. The molecule has 2 bridgehead atoms. The first-order valence-electron chi connectivity index (χ1n) is 9.92. The van der Waals surface area contributed by atoms with Crippen molar-refractivity contribution < 1.29 is 14.3 Å². The molecule has 2 saturated carbocycles. The van der Waals surface area contributed by atoms with E-state index in [1.54, 1.807) is 6.92 Å². The van der Waals surface area contributed by atoms with Gasteiger partial charge in [0.2, 0.25) is 0 Å². The van der Waals surface area contributed by atoms with Crippen molar-refractivity contribution >= 4 is 29.1 Å². The molecule has 1 aromatic carbocycles.